The van der Waals surface area contributed by atoms with Crippen molar-refractivity contribution in [1.29, 1.82) is 0 Å². The third kappa shape index (κ3) is 2.55. The first-order chi connectivity index (χ1) is 8.90. The van der Waals surface area contributed by atoms with Gasteiger partial charge in [-0.15, -0.1) is 0 Å². The normalized spacial score (nSPS) is 18.8. The van der Waals surface area contributed by atoms with Crippen LogP contribution >= 0.6 is 12.2 Å². The highest BCUT2D eigenvalue weighted by atomic mass is 32.1. The van der Waals surface area contributed by atoms with Crippen LogP contribution in [0.2, 0.25) is 0 Å². The van der Waals surface area contributed by atoms with Crippen LogP contribution in [0.5, 0.6) is 0 Å². The monoisotopic (exact) mass is 281 g/mol. The molecule has 1 unspecified atom stereocenters. The van der Waals surface area contributed by atoms with Crippen molar-refractivity contribution >= 4 is 34.7 Å². The maximum absolute atomic E-state index is 13.8. The molecular formula is C12H12FN3O2S. The van der Waals surface area contributed by atoms with E-state index in [1.807, 2.05) is 0 Å². The number of likely N-dealkylation sites (tertiary alicyclic amines) is 1. The van der Waals surface area contributed by atoms with Gasteiger partial charge in [0.25, 0.3) is 5.91 Å². The first kappa shape index (κ1) is 13.4. The van der Waals surface area contributed by atoms with Crippen LogP contribution < -0.4 is 11.1 Å². The van der Waals surface area contributed by atoms with Crippen LogP contribution in [0.3, 0.4) is 0 Å². The van der Waals surface area contributed by atoms with E-state index in [0.29, 0.717) is 5.56 Å². The van der Waals surface area contributed by atoms with Gasteiger partial charge < -0.3 is 11.1 Å². The van der Waals surface area contributed by atoms with Gasteiger partial charge in [0, 0.05) is 12.6 Å². The fourth-order valence-corrected chi connectivity index (χ4v) is 1.97. The topological polar surface area (TPSA) is 75.4 Å². The van der Waals surface area contributed by atoms with Gasteiger partial charge in [-0.1, -0.05) is 12.2 Å². The second-order valence-electron chi connectivity index (χ2n) is 4.25. The first-order valence-electron chi connectivity index (χ1n) is 5.56. The number of nitrogens with one attached hydrogen (secondary N) is 1. The number of anilines is 1. The minimum absolute atomic E-state index is 0.0197. The van der Waals surface area contributed by atoms with Crippen molar-refractivity contribution in [1.82, 2.24) is 4.90 Å². The Labute approximate surface area is 114 Å². The second kappa shape index (κ2) is 4.93. The van der Waals surface area contributed by atoms with E-state index in [0.717, 1.165) is 4.90 Å². The van der Waals surface area contributed by atoms with Crippen molar-refractivity contribution in [2.75, 3.05) is 12.4 Å². The quantitative estimate of drug-likeness (QED) is 0.628. The highest BCUT2D eigenvalue weighted by Crippen LogP contribution is 2.21. The Balaban J connectivity index is 2.19. The molecule has 0 bridgehead atoms. The molecule has 0 aliphatic carbocycles. The van der Waals surface area contributed by atoms with Crippen LogP contribution in [0.4, 0.5) is 10.1 Å². The van der Waals surface area contributed by atoms with Crippen LogP contribution in [0.1, 0.15) is 12.0 Å². The molecule has 1 fully saturated rings. The Hall–Kier alpha value is -2.02. The van der Waals surface area contributed by atoms with Crippen molar-refractivity contribution in [3.8, 4) is 0 Å². The van der Waals surface area contributed by atoms with Crippen LogP contribution in [0.25, 0.3) is 0 Å². The summed E-state index contributed by atoms with van der Waals surface area (Å²) in [6.45, 7) is 0. The highest BCUT2D eigenvalue weighted by molar-refractivity contribution is 7.80. The molecule has 1 aromatic rings. The number of imide groups is 1. The molecular weight excluding hydrogens is 269 g/mol. The first-order valence-corrected chi connectivity index (χ1v) is 5.97. The van der Waals surface area contributed by atoms with Crippen LogP contribution in [-0.4, -0.2) is 34.8 Å². The van der Waals surface area contributed by atoms with Gasteiger partial charge in [0.05, 0.1) is 12.1 Å². The summed E-state index contributed by atoms with van der Waals surface area (Å²) in [4.78, 5) is 24.2. The highest BCUT2D eigenvalue weighted by Gasteiger charge is 2.36. The molecule has 0 spiro atoms. The van der Waals surface area contributed by atoms with Crippen molar-refractivity contribution in [3.63, 3.8) is 0 Å². The van der Waals surface area contributed by atoms with Crippen LogP contribution in [0, 0.1) is 5.82 Å². The minimum Gasteiger partial charge on any atom is -0.389 e. The fraction of sp³-hybridized carbons (Fsp3) is 0.250. The largest absolute Gasteiger partial charge is 0.389 e. The van der Waals surface area contributed by atoms with Crippen LogP contribution in [0.15, 0.2) is 18.2 Å². The molecule has 0 saturated carbocycles. The zero-order valence-electron chi connectivity index (χ0n) is 10.1. The number of benzene rings is 1. The molecule has 3 N–H and O–H groups in total. The number of carbonyl (C=O) groups is 2. The number of hydrogen-bond acceptors (Lipinski definition) is 4. The number of halogens is 1. The molecule has 1 aromatic carbocycles. The number of nitrogens with two attached hydrogens (primary N) is 1. The third-order valence-corrected chi connectivity index (χ3v) is 3.20. The van der Waals surface area contributed by atoms with E-state index in [1.54, 1.807) is 6.07 Å². The zero-order valence-corrected chi connectivity index (χ0v) is 11.0. The number of amides is 2. The van der Waals surface area contributed by atoms with Gasteiger partial charge in [-0.3, -0.25) is 14.5 Å². The Morgan fingerprint density at radius 3 is 2.68 bits per heavy atom. The summed E-state index contributed by atoms with van der Waals surface area (Å²) in [6.07, 6.45) is 0.0197. The molecule has 0 aromatic heterocycles. The molecule has 1 aliphatic rings. The van der Waals surface area contributed by atoms with E-state index < -0.39 is 11.9 Å². The lowest BCUT2D eigenvalue weighted by Crippen LogP contribution is -2.32. The molecule has 100 valence electrons. The lowest BCUT2D eigenvalue weighted by molar-refractivity contribution is -0.136. The Bertz CT molecular complexity index is 576. The molecule has 7 heteroatoms. The van der Waals surface area contributed by atoms with Crippen molar-refractivity contribution in [3.05, 3.63) is 29.6 Å². The van der Waals surface area contributed by atoms with Crippen LogP contribution in [-0.2, 0) is 9.59 Å². The Kier molecular flexibility index (Phi) is 3.48. The van der Waals surface area contributed by atoms with Crippen molar-refractivity contribution in [2.45, 2.75) is 12.5 Å². The second-order valence-corrected chi connectivity index (χ2v) is 4.69. The van der Waals surface area contributed by atoms with Gasteiger partial charge >= 0.3 is 0 Å². The minimum atomic E-state index is -0.734. The maximum atomic E-state index is 13.8. The van der Waals surface area contributed by atoms with Gasteiger partial charge in [0.2, 0.25) is 5.91 Å². The number of carbonyl (C=O) groups excluding carboxylic acids is 2. The third-order valence-electron chi connectivity index (χ3n) is 2.96. The molecule has 1 heterocycles. The Morgan fingerprint density at radius 1 is 1.53 bits per heavy atom. The van der Waals surface area contributed by atoms with Gasteiger partial charge in [-0.05, 0) is 18.2 Å². The zero-order chi connectivity index (χ0) is 14.2. The summed E-state index contributed by atoms with van der Waals surface area (Å²) in [7, 11) is 1.40. The summed E-state index contributed by atoms with van der Waals surface area (Å²) in [5, 5.41) is 2.71. The lowest BCUT2D eigenvalue weighted by Gasteiger charge is -2.13. The maximum Gasteiger partial charge on any atom is 0.251 e. The summed E-state index contributed by atoms with van der Waals surface area (Å²) in [5.74, 6) is -1.23. The van der Waals surface area contributed by atoms with Gasteiger partial charge in [0.15, 0.2) is 0 Å². The van der Waals surface area contributed by atoms with E-state index in [1.165, 1.54) is 19.2 Å². The predicted molar refractivity (Wildman–Crippen MR) is 72.1 cm³/mol. The molecule has 0 radical (unpaired) electrons. The van der Waals surface area contributed by atoms with E-state index >= 15 is 0 Å². The molecule has 5 nitrogen and oxygen atoms in total. The Morgan fingerprint density at radius 2 is 2.21 bits per heavy atom. The molecule has 2 rings (SSSR count). The van der Waals surface area contributed by atoms with Gasteiger partial charge in [-0.2, -0.15) is 0 Å². The number of rotatable bonds is 3. The average Bonchev–Trinajstić information content (AvgIpc) is 2.59. The van der Waals surface area contributed by atoms with Crippen molar-refractivity contribution in [2.24, 2.45) is 5.73 Å². The number of likely N-dealkylation sites (N-methyl/N-ethyl adjacent to an activating group) is 1. The summed E-state index contributed by atoms with van der Waals surface area (Å²) in [5.41, 5.74) is 5.94. The number of thiocarbonyl (C=S) groups is 1. The van der Waals surface area contributed by atoms with E-state index in [9.17, 15) is 14.0 Å². The molecule has 1 saturated heterocycles. The molecule has 1 aliphatic heterocycles. The SMILES string of the molecule is CN1C(=O)CC(Nc2ccc(C(N)=S)cc2F)C1=O. The van der Waals surface area contributed by atoms with Gasteiger partial charge in [-0.25, -0.2) is 4.39 Å². The van der Waals surface area contributed by atoms with E-state index in [4.69, 9.17) is 18.0 Å². The standard InChI is InChI=1S/C12H12FN3O2S/c1-16-10(17)5-9(12(16)18)15-8-3-2-6(11(14)19)4-7(8)13/h2-4,9,15H,5H2,1H3,(H2,14,19). The van der Waals surface area contributed by atoms with E-state index in [-0.39, 0.29) is 28.9 Å². The fourth-order valence-electron chi connectivity index (χ4n) is 1.84. The van der Waals surface area contributed by atoms with Gasteiger partial charge in [0.1, 0.15) is 16.8 Å². The predicted octanol–water partition coefficient (Wildman–Crippen LogP) is 0.629. The van der Waals surface area contributed by atoms with Crippen molar-refractivity contribution < 1.29 is 14.0 Å². The lowest BCUT2D eigenvalue weighted by atomic mass is 10.1. The molecule has 19 heavy (non-hydrogen) atoms. The summed E-state index contributed by atoms with van der Waals surface area (Å²) in [6, 6.07) is 3.46. The number of hydrogen-bond donors (Lipinski definition) is 2. The molecule has 1 atom stereocenters. The average molecular weight is 281 g/mol. The smallest absolute Gasteiger partial charge is 0.251 e. The number of nitrogens with zero attached hydrogens (tertiary/aromatic N) is 1. The summed E-state index contributed by atoms with van der Waals surface area (Å²) < 4.78 is 13.8. The van der Waals surface area contributed by atoms with E-state index in [2.05, 4.69) is 5.32 Å². The summed E-state index contributed by atoms with van der Waals surface area (Å²) >= 11 is 4.74. The molecule has 2 amide bonds.